The molecule has 0 saturated carbocycles. The summed E-state index contributed by atoms with van der Waals surface area (Å²) in [4.78, 5) is 4.40. The van der Waals surface area contributed by atoms with Crippen molar-refractivity contribution in [2.24, 2.45) is 10.4 Å². The minimum atomic E-state index is 0.303. The van der Waals surface area contributed by atoms with E-state index in [1.807, 2.05) is 6.34 Å². The molecule has 0 aromatic rings. The summed E-state index contributed by atoms with van der Waals surface area (Å²) < 4.78 is 0. The zero-order valence-electron chi connectivity index (χ0n) is 8.72. The molecular weight excluding hydrogens is 160 g/mol. The Hall–Kier alpha value is -0.790. The van der Waals surface area contributed by atoms with Crippen molar-refractivity contribution in [3.05, 3.63) is 11.3 Å². The molecule has 1 heterocycles. The normalized spacial score (nSPS) is 27.5. The predicted octanol–water partition coefficient (Wildman–Crippen LogP) is 2.47. The van der Waals surface area contributed by atoms with Gasteiger partial charge in [0.05, 0.1) is 12.4 Å². The van der Waals surface area contributed by atoms with Crippen molar-refractivity contribution in [3.8, 4) is 0 Å². The number of nitrogens with one attached hydrogen (secondary N) is 1. The Morgan fingerprint density at radius 3 is 2.85 bits per heavy atom. The number of nitrogens with zero attached hydrogens (tertiary/aromatic N) is 1. The molecule has 2 rings (SSSR count). The number of rotatable bonds is 0. The topological polar surface area (TPSA) is 24.4 Å². The summed E-state index contributed by atoms with van der Waals surface area (Å²) in [6, 6.07) is 0.502. The molecule has 0 amide bonds. The van der Waals surface area contributed by atoms with Crippen molar-refractivity contribution in [1.82, 2.24) is 5.32 Å². The summed E-state index contributed by atoms with van der Waals surface area (Å²) in [6.45, 7) is 6.85. The van der Waals surface area contributed by atoms with Crippen molar-refractivity contribution in [3.63, 3.8) is 0 Å². The van der Waals surface area contributed by atoms with Gasteiger partial charge in [-0.25, -0.2) is 4.99 Å². The van der Waals surface area contributed by atoms with E-state index in [4.69, 9.17) is 0 Å². The highest BCUT2D eigenvalue weighted by molar-refractivity contribution is 5.61. The molecule has 0 radical (unpaired) electrons. The van der Waals surface area contributed by atoms with Gasteiger partial charge in [-0.2, -0.15) is 0 Å². The van der Waals surface area contributed by atoms with Crippen LogP contribution in [0.15, 0.2) is 16.3 Å². The van der Waals surface area contributed by atoms with Crippen LogP contribution in [0.4, 0.5) is 0 Å². The maximum absolute atomic E-state index is 4.40. The third-order valence-electron chi connectivity index (χ3n) is 2.91. The van der Waals surface area contributed by atoms with E-state index < -0.39 is 0 Å². The third kappa shape index (κ3) is 1.50. The Morgan fingerprint density at radius 1 is 1.38 bits per heavy atom. The largest absolute Gasteiger partial charge is 0.369 e. The first-order valence-corrected chi connectivity index (χ1v) is 5.09. The monoisotopic (exact) mass is 178 g/mol. The van der Waals surface area contributed by atoms with Gasteiger partial charge in [-0.3, -0.25) is 0 Å². The van der Waals surface area contributed by atoms with Crippen molar-refractivity contribution in [2.75, 3.05) is 0 Å². The molecule has 72 valence electrons. The second-order valence-corrected chi connectivity index (χ2v) is 5.05. The van der Waals surface area contributed by atoms with Crippen LogP contribution < -0.4 is 5.32 Å². The van der Waals surface area contributed by atoms with Gasteiger partial charge in [-0.15, -0.1) is 0 Å². The summed E-state index contributed by atoms with van der Waals surface area (Å²) in [5.74, 6) is 0. The van der Waals surface area contributed by atoms with Gasteiger partial charge in [-0.05, 0) is 30.3 Å². The summed E-state index contributed by atoms with van der Waals surface area (Å²) in [6.07, 6.45) is 5.58. The number of hydrogen-bond acceptors (Lipinski definition) is 2. The summed E-state index contributed by atoms with van der Waals surface area (Å²) >= 11 is 0. The van der Waals surface area contributed by atoms with Gasteiger partial charge in [0, 0.05) is 5.70 Å². The van der Waals surface area contributed by atoms with Crippen LogP contribution in [0.3, 0.4) is 0 Å². The Morgan fingerprint density at radius 2 is 2.15 bits per heavy atom. The third-order valence-corrected chi connectivity index (χ3v) is 2.91. The lowest BCUT2D eigenvalue weighted by atomic mass is 9.81. The fourth-order valence-electron chi connectivity index (χ4n) is 2.27. The number of aliphatic imine (C=N–C) groups is 1. The van der Waals surface area contributed by atoms with E-state index in [1.165, 1.54) is 25.0 Å². The van der Waals surface area contributed by atoms with E-state index in [1.54, 1.807) is 5.57 Å². The zero-order chi connectivity index (χ0) is 9.47. The first kappa shape index (κ1) is 8.79. The van der Waals surface area contributed by atoms with Crippen LogP contribution in [-0.2, 0) is 0 Å². The highest BCUT2D eigenvalue weighted by Gasteiger charge is 2.32. The van der Waals surface area contributed by atoms with E-state index in [9.17, 15) is 0 Å². The smallest absolute Gasteiger partial charge is 0.0887 e. The standard InChI is InChI=1S/C11H18N2/c1-11(2,3)10-8-5-4-6-9(8)12-7-13-10/h7,10H,4-6H2,1-3H3,(H,12,13). The molecule has 0 aromatic heterocycles. The predicted molar refractivity (Wildman–Crippen MR) is 55.7 cm³/mol. The zero-order valence-corrected chi connectivity index (χ0v) is 8.72. The van der Waals surface area contributed by atoms with Gasteiger partial charge in [0.2, 0.25) is 0 Å². The minimum Gasteiger partial charge on any atom is -0.369 e. The molecule has 1 atom stereocenters. The van der Waals surface area contributed by atoms with E-state index >= 15 is 0 Å². The second-order valence-electron chi connectivity index (χ2n) is 5.05. The molecule has 2 heteroatoms. The average Bonchev–Trinajstić information content (AvgIpc) is 2.48. The first-order chi connectivity index (χ1) is 6.09. The SMILES string of the molecule is CC(C)(C)C1NC=NC2=C1CCC2. The molecular formula is C11H18N2. The summed E-state index contributed by atoms with van der Waals surface area (Å²) in [5, 5.41) is 3.38. The molecule has 0 aromatic carbocycles. The first-order valence-electron chi connectivity index (χ1n) is 5.09. The van der Waals surface area contributed by atoms with Crippen LogP contribution in [0, 0.1) is 5.41 Å². The fourth-order valence-corrected chi connectivity index (χ4v) is 2.27. The van der Waals surface area contributed by atoms with E-state index in [-0.39, 0.29) is 0 Å². The lowest BCUT2D eigenvalue weighted by molar-refractivity contribution is 0.326. The highest BCUT2D eigenvalue weighted by atomic mass is 15.0. The Balaban J connectivity index is 2.28. The van der Waals surface area contributed by atoms with Crippen molar-refractivity contribution < 1.29 is 0 Å². The lowest BCUT2D eigenvalue weighted by Crippen LogP contribution is -2.42. The molecule has 0 bridgehead atoms. The summed E-state index contributed by atoms with van der Waals surface area (Å²) in [5.41, 5.74) is 3.20. The number of allylic oxidation sites excluding steroid dienone is 1. The molecule has 13 heavy (non-hydrogen) atoms. The number of hydrogen-bond donors (Lipinski definition) is 1. The Labute approximate surface area is 80.1 Å². The van der Waals surface area contributed by atoms with Gasteiger partial charge < -0.3 is 5.32 Å². The molecule has 1 unspecified atom stereocenters. The van der Waals surface area contributed by atoms with Crippen LogP contribution in [0.25, 0.3) is 0 Å². The van der Waals surface area contributed by atoms with Crippen LogP contribution >= 0.6 is 0 Å². The van der Waals surface area contributed by atoms with Gasteiger partial charge in [-0.1, -0.05) is 20.8 Å². The van der Waals surface area contributed by atoms with Gasteiger partial charge in [0.25, 0.3) is 0 Å². The average molecular weight is 178 g/mol. The molecule has 2 nitrogen and oxygen atoms in total. The van der Waals surface area contributed by atoms with E-state index in [2.05, 4.69) is 31.1 Å². The molecule has 1 N–H and O–H groups in total. The van der Waals surface area contributed by atoms with Crippen molar-refractivity contribution in [2.45, 2.75) is 46.1 Å². The van der Waals surface area contributed by atoms with Crippen LogP contribution in [0.1, 0.15) is 40.0 Å². The molecule has 1 aliphatic heterocycles. The van der Waals surface area contributed by atoms with Crippen LogP contribution in [0.5, 0.6) is 0 Å². The van der Waals surface area contributed by atoms with Crippen LogP contribution in [0.2, 0.25) is 0 Å². The Bertz CT molecular complexity index is 268. The lowest BCUT2D eigenvalue weighted by Gasteiger charge is -2.34. The maximum atomic E-state index is 4.40. The van der Waals surface area contributed by atoms with E-state index in [0.29, 0.717) is 11.5 Å². The fraction of sp³-hybridized carbons (Fsp3) is 0.727. The van der Waals surface area contributed by atoms with Crippen molar-refractivity contribution >= 4 is 6.34 Å². The van der Waals surface area contributed by atoms with Crippen LogP contribution in [-0.4, -0.2) is 12.4 Å². The minimum absolute atomic E-state index is 0.303. The summed E-state index contributed by atoms with van der Waals surface area (Å²) in [7, 11) is 0. The highest BCUT2D eigenvalue weighted by Crippen LogP contribution is 2.37. The second kappa shape index (κ2) is 2.86. The van der Waals surface area contributed by atoms with Crippen molar-refractivity contribution in [1.29, 1.82) is 0 Å². The molecule has 0 fully saturated rings. The van der Waals surface area contributed by atoms with Gasteiger partial charge in [0.1, 0.15) is 0 Å². The molecule has 1 aliphatic carbocycles. The molecule has 2 aliphatic rings. The van der Waals surface area contributed by atoms with Gasteiger partial charge in [0.15, 0.2) is 0 Å². The molecule has 0 spiro atoms. The van der Waals surface area contributed by atoms with Gasteiger partial charge >= 0.3 is 0 Å². The maximum Gasteiger partial charge on any atom is 0.0887 e. The Kier molecular flexibility index (Phi) is 1.94. The molecule has 0 saturated heterocycles. The van der Waals surface area contributed by atoms with E-state index in [0.717, 1.165) is 0 Å². The quantitative estimate of drug-likeness (QED) is 0.605.